The predicted molar refractivity (Wildman–Crippen MR) is 326 cm³/mol. The van der Waals surface area contributed by atoms with Crippen molar-refractivity contribution in [2.75, 3.05) is 39.6 Å². The Bertz CT molecular complexity index is 1590. The van der Waals surface area contributed by atoms with Crippen molar-refractivity contribution < 1.29 is 80.2 Å². The number of ether oxygens (including phenoxy) is 4. The van der Waals surface area contributed by atoms with Gasteiger partial charge in [-0.3, -0.25) is 37.3 Å². The summed E-state index contributed by atoms with van der Waals surface area (Å²) in [6.45, 7) is 4.74. The molecular formula is C63H122O17P2. The van der Waals surface area contributed by atoms with E-state index in [0.29, 0.717) is 25.7 Å². The molecule has 3 N–H and O–H groups in total. The molecule has 0 aromatic heterocycles. The minimum absolute atomic E-state index is 0.104. The number of esters is 4. The Morgan fingerprint density at radius 3 is 0.720 bits per heavy atom. The fraction of sp³-hybridized carbons (Fsp3) is 0.937. The molecule has 0 aromatic carbocycles. The van der Waals surface area contributed by atoms with Crippen molar-refractivity contribution in [3.63, 3.8) is 0 Å². The van der Waals surface area contributed by atoms with Gasteiger partial charge in [0.15, 0.2) is 12.2 Å². The molecule has 19 heteroatoms. The number of unbranched alkanes of at least 4 members (excludes halogenated alkanes) is 38. The number of carbonyl (C=O) groups is 4. The number of phosphoric acid groups is 2. The van der Waals surface area contributed by atoms with Gasteiger partial charge in [-0.1, -0.05) is 272 Å². The number of hydrogen-bond donors (Lipinski definition) is 3. The highest BCUT2D eigenvalue weighted by Crippen LogP contribution is 2.45. The normalized spacial score (nSPS) is 14.2. The summed E-state index contributed by atoms with van der Waals surface area (Å²) in [5.41, 5.74) is 0. The molecule has 5 atom stereocenters. The zero-order chi connectivity index (χ0) is 60.5. The molecule has 0 fully saturated rings. The van der Waals surface area contributed by atoms with Crippen molar-refractivity contribution in [2.24, 2.45) is 0 Å². The van der Waals surface area contributed by atoms with E-state index in [2.05, 4.69) is 27.7 Å². The van der Waals surface area contributed by atoms with E-state index >= 15 is 0 Å². The molecule has 17 nitrogen and oxygen atoms in total. The molecule has 0 radical (unpaired) electrons. The van der Waals surface area contributed by atoms with Crippen molar-refractivity contribution in [3.05, 3.63) is 0 Å². The van der Waals surface area contributed by atoms with E-state index in [1.54, 1.807) is 0 Å². The second-order valence-electron chi connectivity index (χ2n) is 22.8. The predicted octanol–water partition coefficient (Wildman–Crippen LogP) is 17.5. The van der Waals surface area contributed by atoms with E-state index in [1.807, 2.05) is 0 Å². The van der Waals surface area contributed by atoms with Gasteiger partial charge in [0, 0.05) is 25.7 Å². The van der Waals surface area contributed by atoms with Gasteiger partial charge in [-0.2, -0.15) is 0 Å². The molecule has 486 valence electrons. The highest BCUT2D eigenvalue weighted by Gasteiger charge is 2.30. The molecule has 0 aliphatic carbocycles. The van der Waals surface area contributed by atoms with Crippen molar-refractivity contribution in [2.45, 2.75) is 341 Å². The molecule has 0 heterocycles. The third-order valence-corrected chi connectivity index (χ3v) is 16.5. The van der Waals surface area contributed by atoms with E-state index in [-0.39, 0.29) is 25.7 Å². The first-order chi connectivity index (χ1) is 39.7. The second-order valence-corrected chi connectivity index (χ2v) is 25.7. The summed E-state index contributed by atoms with van der Waals surface area (Å²) in [5.74, 6) is -2.15. The molecule has 0 aliphatic heterocycles. The number of hydrogen-bond acceptors (Lipinski definition) is 15. The Kier molecular flexibility index (Phi) is 56.7. The van der Waals surface area contributed by atoms with Crippen molar-refractivity contribution in [1.82, 2.24) is 0 Å². The van der Waals surface area contributed by atoms with Gasteiger partial charge < -0.3 is 33.8 Å². The standard InChI is InChI=1S/C63H122O17P2/c1-5-9-13-17-20-23-24-25-26-27-28-29-30-31-32-33-34-35-38-42-46-50-63(68)80-59(54-74-61(66)48-44-40-36-21-18-14-10-6-2)56-78-82(71,72)76-52-57(64)51-75-81(69,70)77-55-58(53-73-60(65)47-43-39-16-12-8-4)79-62(67)49-45-41-37-22-19-15-11-7-3/h57-59,64H,5-56H2,1-4H3,(H,69,70)(H,71,72)/t57-,58+,59+/m0/s1. The summed E-state index contributed by atoms with van der Waals surface area (Å²) < 4.78 is 67.6. The van der Waals surface area contributed by atoms with Crippen molar-refractivity contribution >= 4 is 39.5 Å². The van der Waals surface area contributed by atoms with Crippen LogP contribution in [0.1, 0.15) is 323 Å². The Labute approximate surface area is 498 Å². The zero-order valence-corrected chi connectivity index (χ0v) is 54.2. The summed E-state index contributed by atoms with van der Waals surface area (Å²) in [6, 6.07) is 0. The van der Waals surface area contributed by atoms with E-state index in [0.717, 1.165) is 109 Å². The molecule has 0 spiro atoms. The smallest absolute Gasteiger partial charge is 0.462 e. The Balaban J connectivity index is 5.01. The van der Waals surface area contributed by atoms with Gasteiger partial charge in [-0.25, -0.2) is 9.13 Å². The monoisotopic (exact) mass is 1210 g/mol. The summed E-state index contributed by atoms with van der Waals surface area (Å²) in [6.07, 6.45) is 43.8. The van der Waals surface area contributed by atoms with E-state index in [1.165, 1.54) is 135 Å². The summed E-state index contributed by atoms with van der Waals surface area (Å²) in [5, 5.41) is 10.5. The van der Waals surface area contributed by atoms with Crippen LogP contribution in [-0.4, -0.2) is 96.7 Å². The molecule has 0 bridgehead atoms. The van der Waals surface area contributed by atoms with Gasteiger partial charge >= 0.3 is 39.5 Å². The molecule has 0 amide bonds. The van der Waals surface area contributed by atoms with Crippen LogP contribution in [0.3, 0.4) is 0 Å². The van der Waals surface area contributed by atoms with Crippen molar-refractivity contribution in [3.8, 4) is 0 Å². The van der Waals surface area contributed by atoms with Gasteiger partial charge in [0.25, 0.3) is 0 Å². The minimum atomic E-state index is -4.94. The largest absolute Gasteiger partial charge is 0.472 e. The zero-order valence-electron chi connectivity index (χ0n) is 52.5. The molecule has 82 heavy (non-hydrogen) atoms. The molecule has 2 unspecified atom stereocenters. The Morgan fingerprint density at radius 1 is 0.293 bits per heavy atom. The van der Waals surface area contributed by atoms with Crippen molar-refractivity contribution in [1.29, 1.82) is 0 Å². The fourth-order valence-corrected chi connectivity index (χ4v) is 11.0. The maximum Gasteiger partial charge on any atom is 0.472 e. The lowest BCUT2D eigenvalue weighted by Gasteiger charge is -2.21. The Morgan fingerprint density at radius 2 is 0.488 bits per heavy atom. The third-order valence-electron chi connectivity index (χ3n) is 14.6. The van der Waals surface area contributed by atoms with Crippen LogP contribution in [0, 0.1) is 0 Å². The number of aliphatic hydroxyl groups excluding tert-OH is 1. The maximum absolute atomic E-state index is 12.9. The first-order valence-electron chi connectivity index (χ1n) is 33.3. The molecule has 0 rings (SSSR count). The number of aliphatic hydroxyl groups is 1. The SMILES string of the molecule is CCCCCCCCCCCCCCCCCCCCCCCC(=O)O[C@H](COC(=O)CCCCCCCCCC)COP(=O)(O)OC[C@@H](O)COP(=O)(O)OC[C@@H](COC(=O)CCCCCCC)OC(=O)CCCCCCCCCC. The topological polar surface area (TPSA) is 237 Å². The first kappa shape index (κ1) is 80.1. The van der Waals surface area contributed by atoms with E-state index in [9.17, 15) is 43.2 Å². The van der Waals surface area contributed by atoms with Gasteiger partial charge in [0.05, 0.1) is 26.4 Å². The fourth-order valence-electron chi connectivity index (χ4n) is 9.46. The number of rotatable bonds is 64. The first-order valence-corrected chi connectivity index (χ1v) is 36.3. The van der Waals surface area contributed by atoms with Crippen LogP contribution in [0.2, 0.25) is 0 Å². The molecule has 0 saturated heterocycles. The maximum atomic E-state index is 12.9. The summed E-state index contributed by atoms with van der Waals surface area (Å²) in [7, 11) is -9.86. The number of phosphoric ester groups is 2. The van der Waals surface area contributed by atoms with Crippen LogP contribution >= 0.6 is 15.6 Å². The van der Waals surface area contributed by atoms with Gasteiger partial charge in [0.2, 0.25) is 0 Å². The van der Waals surface area contributed by atoms with Crippen LogP contribution in [0.15, 0.2) is 0 Å². The lowest BCUT2D eigenvalue weighted by atomic mass is 10.0. The molecule has 0 saturated carbocycles. The van der Waals surface area contributed by atoms with E-state index in [4.69, 9.17) is 37.0 Å². The van der Waals surface area contributed by atoms with Crippen LogP contribution < -0.4 is 0 Å². The minimum Gasteiger partial charge on any atom is -0.462 e. The number of carbonyl (C=O) groups excluding carboxylic acids is 4. The van der Waals surface area contributed by atoms with Crippen LogP contribution in [-0.2, 0) is 65.4 Å². The Hall–Kier alpha value is -1.94. The van der Waals surface area contributed by atoms with Gasteiger partial charge in [-0.15, -0.1) is 0 Å². The highest BCUT2D eigenvalue weighted by atomic mass is 31.2. The molecular weight excluding hydrogens is 1090 g/mol. The molecule has 0 aromatic rings. The average molecular weight is 1210 g/mol. The lowest BCUT2D eigenvalue weighted by Crippen LogP contribution is -2.30. The average Bonchev–Trinajstić information content (AvgIpc) is 3.45. The van der Waals surface area contributed by atoms with Gasteiger partial charge in [-0.05, 0) is 25.7 Å². The van der Waals surface area contributed by atoms with E-state index < -0.39 is 97.5 Å². The third kappa shape index (κ3) is 57.2. The van der Waals surface area contributed by atoms with Crippen LogP contribution in [0.4, 0.5) is 0 Å². The molecule has 0 aliphatic rings. The quantitative estimate of drug-likeness (QED) is 0.0222. The highest BCUT2D eigenvalue weighted by molar-refractivity contribution is 7.47. The van der Waals surface area contributed by atoms with Crippen LogP contribution in [0.5, 0.6) is 0 Å². The van der Waals surface area contributed by atoms with Gasteiger partial charge in [0.1, 0.15) is 19.3 Å². The summed E-state index contributed by atoms with van der Waals surface area (Å²) >= 11 is 0. The second kappa shape index (κ2) is 58.1. The van der Waals surface area contributed by atoms with Crippen LogP contribution in [0.25, 0.3) is 0 Å². The summed E-state index contributed by atoms with van der Waals surface area (Å²) in [4.78, 5) is 71.7. The lowest BCUT2D eigenvalue weighted by molar-refractivity contribution is -0.161.